The molecule has 6 heterocycles. The lowest BCUT2D eigenvalue weighted by Gasteiger charge is -2.43. The largest absolute Gasteiger partial charge is 0.467 e. The SMILES string of the molecule is C[C@H]1C(=O)C[C@@H](c2ccco2)N2C(=O)[C@H]3[C@@H](C(=O)Nc4nccs4)[C@H]4C=C[C@@]3(O4)[C@@H]12. The molecule has 2 amide bonds. The number of thiazole rings is 1. The Morgan fingerprint density at radius 2 is 2.27 bits per heavy atom. The molecule has 154 valence electrons. The van der Waals surface area contributed by atoms with E-state index in [1.54, 1.807) is 34.9 Å². The predicted octanol–water partition coefficient (Wildman–Crippen LogP) is 2.18. The van der Waals surface area contributed by atoms with Crippen LogP contribution in [0.25, 0.3) is 0 Å². The third-order valence-electron chi connectivity index (χ3n) is 6.92. The van der Waals surface area contributed by atoms with Gasteiger partial charge in [0, 0.05) is 23.9 Å². The summed E-state index contributed by atoms with van der Waals surface area (Å²) in [6, 6.07) is 2.58. The molecule has 2 aromatic heterocycles. The van der Waals surface area contributed by atoms with Crippen molar-refractivity contribution in [3.05, 3.63) is 47.9 Å². The van der Waals surface area contributed by atoms with E-state index in [2.05, 4.69) is 10.3 Å². The van der Waals surface area contributed by atoms with E-state index in [-0.39, 0.29) is 24.0 Å². The maximum atomic E-state index is 13.7. The first-order valence-electron chi connectivity index (χ1n) is 9.97. The van der Waals surface area contributed by atoms with Gasteiger partial charge >= 0.3 is 0 Å². The van der Waals surface area contributed by atoms with E-state index in [0.29, 0.717) is 10.9 Å². The van der Waals surface area contributed by atoms with Gasteiger partial charge < -0.3 is 19.4 Å². The van der Waals surface area contributed by atoms with Crippen LogP contribution in [0.15, 0.2) is 46.5 Å². The minimum atomic E-state index is -0.979. The fraction of sp³-hybridized carbons (Fsp3) is 0.429. The van der Waals surface area contributed by atoms with Gasteiger partial charge in [0.2, 0.25) is 11.8 Å². The Bertz CT molecular complexity index is 1060. The van der Waals surface area contributed by atoms with Gasteiger partial charge in [0.25, 0.3) is 0 Å². The van der Waals surface area contributed by atoms with Crippen LogP contribution in [0.1, 0.15) is 25.1 Å². The first kappa shape index (κ1) is 18.0. The second kappa shape index (κ2) is 6.12. The molecule has 0 aliphatic carbocycles. The van der Waals surface area contributed by atoms with Crippen LogP contribution in [-0.2, 0) is 19.1 Å². The van der Waals surface area contributed by atoms with Gasteiger partial charge in [0.05, 0.1) is 36.3 Å². The molecule has 0 radical (unpaired) electrons. The van der Waals surface area contributed by atoms with Gasteiger partial charge in [-0.3, -0.25) is 14.4 Å². The predicted molar refractivity (Wildman–Crippen MR) is 105 cm³/mol. The van der Waals surface area contributed by atoms with E-state index in [1.165, 1.54) is 11.3 Å². The van der Waals surface area contributed by atoms with Crippen LogP contribution in [0.2, 0.25) is 0 Å². The number of piperidine rings is 1. The average Bonchev–Trinajstić information content (AvgIpc) is 3.52. The zero-order valence-corrected chi connectivity index (χ0v) is 16.9. The van der Waals surface area contributed by atoms with Crippen LogP contribution in [0.5, 0.6) is 0 Å². The topological polar surface area (TPSA) is 102 Å². The lowest BCUT2D eigenvalue weighted by molar-refractivity contribution is -0.147. The van der Waals surface area contributed by atoms with E-state index in [9.17, 15) is 14.4 Å². The number of ether oxygens (including phenoxy) is 1. The molecule has 0 unspecified atom stereocenters. The highest BCUT2D eigenvalue weighted by Gasteiger charge is 2.74. The molecule has 3 fully saturated rings. The number of carbonyl (C=O) groups is 3. The Morgan fingerprint density at radius 1 is 1.40 bits per heavy atom. The number of ketones is 1. The van der Waals surface area contributed by atoms with Crippen molar-refractivity contribution in [2.45, 2.75) is 37.1 Å². The van der Waals surface area contributed by atoms with Gasteiger partial charge in [-0.1, -0.05) is 19.1 Å². The van der Waals surface area contributed by atoms with Gasteiger partial charge in [-0.25, -0.2) is 4.98 Å². The Kier molecular flexibility index (Phi) is 3.67. The Morgan fingerprint density at radius 3 is 3.00 bits per heavy atom. The van der Waals surface area contributed by atoms with Crippen molar-refractivity contribution in [1.82, 2.24) is 9.88 Å². The summed E-state index contributed by atoms with van der Waals surface area (Å²) >= 11 is 1.32. The monoisotopic (exact) mass is 425 g/mol. The quantitative estimate of drug-likeness (QED) is 0.757. The highest BCUT2D eigenvalue weighted by atomic mass is 32.1. The summed E-state index contributed by atoms with van der Waals surface area (Å²) in [5.41, 5.74) is -0.979. The number of aromatic nitrogens is 1. The van der Waals surface area contributed by atoms with Gasteiger partial charge in [-0.15, -0.1) is 11.3 Å². The van der Waals surface area contributed by atoms with Crippen LogP contribution in [0.3, 0.4) is 0 Å². The fourth-order valence-corrected chi connectivity index (χ4v) is 6.27. The molecular formula is C21H19N3O5S. The fourth-order valence-electron chi connectivity index (χ4n) is 5.74. The summed E-state index contributed by atoms with van der Waals surface area (Å²) in [6.07, 6.45) is 6.61. The van der Waals surface area contributed by atoms with Crippen molar-refractivity contribution < 1.29 is 23.5 Å². The van der Waals surface area contributed by atoms with Crippen LogP contribution < -0.4 is 5.32 Å². The molecule has 9 heteroatoms. The summed E-state index contributed by atoms with van der Waals surface area (Å²) < 4.78 is 11.9. The molecule has 2 bridgehead atoms. The molecule has 8 nitrogen and oxygen atoms in total. The normalized spacial score (nSPS) is 38.8. The summed E-state index contributed by atoms with van der Waals surface area (Å²) in [5, 5.41) is 5.08. The third kappa shape index (κ3) is 2.19. The smallest absolute Gasteiger partial charge is 0.233 e. The lowest BCUT2D eigenvalue weighted by atomic mass is 9.70. The van der Waals surface area contributed by atoms with Crippen LogP contribution >= 0.6 is 11.3 Å². The number of fused-ring (bicyclic) bond motifs is 2. The molecule has 1 spiro atoms. The van der Waals surface area contributed by atoms with Crippen molar-refractivity contribution in [3.63, 3.8) is 0 Å². The maximum absolute atomic E-state index is 13.7. The number of rotatable bonds is 3. The molecule has 0 saturated carbocycles. The van der Waals surface area contributed by atoms with E-state index >= 15 is 0 Å². The van der Waals surface area contributed by atoms with Gasteiger partial charge in [0.1, 0.15) is 17.1 Å². The molecule has 6 rings (SSSR count). The first-order chi connectivity index (χ1) is 14.5. The summed E-state index contributed by atoms with van der Waals surface area (Å²) in [6.45, 7) is 1.84. The van der Waals surface area contributed by atoms with Crippen LogP contribution in [0, 0.1) is 17.8 Å². The molecule has 0 aromatic carbocycles. The van der Waals surface area contributed by atoms with Crippen molar-refractivity contribution in [2.24, 2.45) is 17.8 Å². The van der Waals surface area contributed by atoms with Crippen LogP contribution in [0.4, 0.5) is 5.13 Å². The highest BCUT2D eigenvalue weighted by molar-refractivity contribution is 7.13. The molecular weight excluding hydrogens is 406 g/mol. The number of carbonyl (C=O) groups excluding carboxylic acids is 3. The summed E-state index contributed by atoms with van der Waals surface area (Å²) in [4.78, 5) is 45.6. The standard InChI is InChI=1S/C21H19N3O5S/c1-10-12(25)9-11(13-3-2-7-28-13)24-17(10)21-5-4-14(29-21)15(16(21)19(24)27)18(26)23-20-22-6-8-30-20/h2-8,10-11,14-17H,9H2,1H3,(H,22,23,26)/t10-,11-,14+,15-,16+,17+,21-/m0/s1. The summed E-state index contributed by atoms with van der Waals surface area (Å²) in [5.74, 6) is -1.54. The van der Waals surface area contributed by atoms with E-state index in [4.69, 9.17) is 9.15 Å². The number of furan rings is 1. The Hall–Kier alpha value is -2.78. The summed E-state index contributed by atoms with van der Waals surface area (Å²) in [7, 11) is 0. The zero-order chi connectivity index (χ0) is 20.6. The second-order valence-corrected chi connectivity index (χ2v) is 9.20. The number of hydrogen-bond donors (Lipinski definition) is 1. The van der Waals surface area contributed by atoms with Crippen molar-refractivity contribution in [2.75, 3.05) is 5.32 Å². The second-order valence-electron chi connectivity index (χ2n) is 8.31. The molecule has 2 aromatic rings. The number of hydrogen-bond acceptors (Lipinski definition) is 7. The number of nitrogens with zero attached hydrogens (tertiary/aromatic N) is 2. The van der Waals surface area contributed by atoms with Crippen molar-refractivity contribution >= 4 is 34.1 Å². The maximum Gasteiger partial charge on any atom is 0.233 e. The number of nitrogens with one attached hydrogen (secondary N) is 1. The van der Waals surface area contributed by atoms with Gasteiger partial charge in [-0.05, 0) is 12.1 Å². The minimum Gasteiger partial charge on any atom is -0.467 e. The van der Waals surface area contributed by atoms with Crippen molar-refractivity contribution in [1.29, 1.82) is 0 Å². The van der Waals surface area contributed by atoms with E-state index in [0.717, 1.165) is 0 Å². The Labute approximate surface area is 175 Å². The molecule has 4 aliphatic rings. The van der Waals surface area contributed by atoms with Crippen LogP contribution in [-0.4, -0.2) is 45.2 Å². The number of anilines is 1. The molecule has 1 N–H and O–H groups in total. The van der Waals surface area contributed by atoms with Gasteiger partial charge in [-0.2, -0.15) is 0 Å². The molecule has 4 aliphatic heterocycles. The number of amides is 2. The average molecular weight is 425 g/mol. The van der Waals surface area contributed by atoms with E-state index < -0.39 is 41.5 Å². The minimum absolute atomic E-state index is 0.0663. The molecule has 30 heavy (non-hydrogen) atoms. The molecule has 7 atom stereocenters. The Balaban J connectivity index is 1.41. The zero-order valence-electron chi connectivity index (χ0n) is 16.1. The number of Topliss-reactive ketones (excluding diaryl/α,β-unsaturated/α-hetero) is 1. The first-order valence-corrected chi connectivity index (χ1v) is 10.8. The van der Waals surface area contributed by atoms with E-state index in [1.807, 2.05) is 19.1 Å². The lowest BCUT2D eigenvalue weighted by Crippen LogP contribution is -2.55. The highest BCUT2D eigenvalue weighted by Crippen LogP contribution is 2.59. The van der Waals surface area contributed by atoms with Gasteiger partial charge in [0.15, 0.2) is 5.13 Å². The van der Waals surface area contributed by atoms with Crippen molar-refractivity contribution in [3.8, 4) is 0 Å². The molecule has 3 saturated heterocycles. The third-order valence-corrected chi connectivity index (χ3v) is 7.61.